The lowest BCUT2D eigenvalue weighted by Gasteiger charge is -2.07. The number of rotatable bonds is 3. The number of aromatic nitrogens is 2. The topological polar surface area (TPSA) is 64.9 Å². The van der Waals surface area contributed by atoms with Crippen LogP contribution in [-0.2, 0) is 5.75 Å². The molecule has 2 N–H and O–H groups in total. The fourth-order valence-corrected chi connectivity index (χ4v) is 3.09. The minimum absolute atomic E-state index is 0.169. The molecular weight excluding hydrogens is 218 g/mol. The van der Waals surface area contributed by atoms with E-state index in [1.165, 1.54) is 0 Å². The SMILES string of the molecule is CSCc1noc(C2CSCC2N)n1. The normalized spacial score (nSPS) is 27.0. The fraction of sp³-hybridized carbons (Fsp3) is 0.750. The molecule has 0 amide bonds. The Balaban J connectivity index is 2.08. The Morgan fingerprint density at radius 3 is 3.14 bits per heavy atom. The first-order valence-electron chi connectivity index (χ1n) is 4.46. The van der Waals surface area contributed by atoms with Crippen molar-refractivity contribution >= 4 is 23.5 Å². The second kappa shape index (κ2) is 4.55. The van der Waals surface area contributed by atoms with Crippen LogP contribution >= 0.6 is 23.5 Å². The van der Waals surface area contributed by atoms with E-state index in [0.29, 0.717) is 5.89 Å². The highest BCUT2D eigenvalue weighted by Gasteiger charge is 2.30. The zero-order valence-corrected chi connectivity index (χ0v) is 9.61. The lowest BCUT2D eigenvalue weighted by molar-refractivity contribution is 0.349. The Hall–Kier alpha value is -0.200. The van der Waals surface area contributed by atoms with E-state index in [2.05, 4.69) is 10.1 Å². The second-order valence-corrected chi connectivity index (χ2v) is 5.23. The van der Waals surface area contributed by atoms with Gasteiger partial charge in [-0.15, -0.1) is 0 Å². The number of hydrogen-bond acceptors (Lipinski definition) is 6. The van der Waals surface area contributed by atoms with E-state index in [-0.39, 0.29) is 12.0 Å². The van der Waals surface area contributed by atoms with Crippen LogP contribution in [0.1, 0.15) is 17.6 Å². The van der Waals surface area contributed by atoms with E-state index < -0.39 is 0 Å². The quantitative estimate of drug-likeness (QED) is 0.840. The molecule has 1 aromatic heterocycles. The molecule has 1 aromatic rings. The van der Waals surface area contributed by atoms with Crippen LogP contribution in [0.5, 0.6) is 0 Å². The zero-order chi connectivity index (χ0) is 9.97. The minimum atomic E-state index is 0.169. The van der Waals surface area contributed by atoms with Crippen molar-refractivity contribution in [2.24, 2.45) is 5.73 Å². The summed E-state index contributed by atoms with van der Waals surface area (Å²) in [7, 11) is 0. The van der Waals surface area contributed by atoms with Crippen molar-refractivity contribution in [1.82, 2.24) is 10.1 Å². The van der Waals surface area contributed by atoms with Crippen molar-refractivity contribution in [3.8, 4) is 0 Å². The van der Waals surface area contributed by atoms with E-state index in [1.807, 2.05) is 18.0 Å². The Labute approximate surface area is 91.4 Å². The van der Waals surface area contributed by atoms with Crippen LogP contribution in [0.15, 0.2) is 4.52 Å². The van der Waals surface area contributed by atoms with Crippen LogP contribution in [-0.4, -0.2) is 33.9 Å². The van der Waals surface area contributed by atoms with Gasteiger partial charge in [-0.25, -0.2) is 0 Å². The van der Waals surface area contributed by atoms with Gasteiger partial charge in [-0.05, 0) is 6.26 Å². The molecule has 0 aromatic carbocycles. The van der Waals surface area contributed by atoms with Crippen LogP contribution in [0, 0.1) is 0 Å². The van der Waals surface area contributed by atoms with Gasteiger partial charge in [0, 0.05) is 17.5 Å². The van der Waals surface area contributed by atoms with Crippen LogP contribution in [0.25, 0.3) is 0 Å². The number of thioether (sulfide) groups is 2. The summed E-state index contributed by atoms with van der Waals surface area (Å²) in [5.74, 6) is 4.54. The Bertz CT molecular complexity index is 305. The lowest BCUT2D eigenvalue weighted by atomic mass is 10.1. The molecule has 2 unspecified atom stereocenters. The standard InChI is InChI=1S/C8H13N3OS2/c1-13-4-7-10-8(12-11-7)5-2-14-3-6(5)9/h5-6H,2-4,9H2,1H3. The van der Waals surface area contributed by atoms with E-state index in [4.69, 9.17) is 10.3 Å². The third kappa shape index (κ3) is 2.07. The third-order valence-corrected chi connectivity index (χ3v) is 3.96. The molecule has 1 aliphatic rings. The predicted octanol–water partition coefficient (Wildman–Crippen LogP) is 1.09. The van der Waals surface area contributed by atoms with Crippen LogP contribution in [0.2, 0.25) is 0 Å². The van der Waals surface area contributed by atoms with Crippen molar-refractivity contribution in [2.45, 2.75) is 17.7 Å². The maximum absolute atomic E-state index is 5.94. The summed E-state index contributed by atoms with van der Waals surface area (Å²) in [6.07, 6.45) is 2.02. The molecule has 0 aliphatic carbocycles. The molecule has 2 rings (SSSR count). The molecule has 78 valence electrons. The molecular formula is C8H13N3OS2. The molecule has 0 saturated carbocycles. The maximum Gasteiger partial charge on any atom is 0.232 e. The molecule has 2 heterocycles. The number of nitrogens with zero attached hydrogens (tertiary/aromatic N) is 2. The van der Waals surface area contributed by atoms with Gasteiger partial charge in [-0.2, -0.15) is 28.5 Å². The first-order valence-corrected chi connectivity index (χ1v) is 7.01. The lowest BCUT2D eigenvalue weighted by Crippen LogP contribution is -2.26. The van der Waals surface area contributed by atoms with E-state index >= 15 is 0 Å². The van der Waals surface area contributed by atoms with E-state index in [9.17, 15) is 0 Å². The first kappa shape index (κ1) is 10.3. The second-order valence-electron chi connectivity index (χ2n) is 3.29. The molecule has 1 saturated heterocycles. The van der Waals surface area contributed by atoms with Crippen LogP contribution in [0.3, 0.4) is 0 Å². The summed E-state index contributed by atoms with van der Waals surface area (Å²) < 4.78 is 5.20. The zero-order valence-electron chi connectivity index (χ0n) is 7.97. The maximum atomic E-state index is 5.94. The van der Waals surface area contributed by atoms with Gasteiger partial charge in [0.2, 0.25) is 5.89 Å². The van der Waals surface area contributed by atoms with Crippen molar-refractivity contribution in [3.05, 3.63) is 11.7 Å². The van der Waals surface area contributed by atoms with Gasteiger partial charge in [0.1, 0.15) is 0 Å². The molecule has 0 radical (unpaired) electrons. The number of nitrogens with two attached hydrogens (primary N) is 1. The first-order chi connectivity index (χ1) is 6.81. The Kier molecular flexibility index (Phi) is 3.35. The average molecular weight is 231 g/mol. The molecule has 2 atom stereocenters. The van der Waals surface area contributed by atoms with Gasteiger partial charge in [0.15, 0.2) is 5.82 Å². The van der Waals surface area contributed by atoms with Gasteiger partial charge in [-0.3, -0.25) is 0 Å². The minimum Gasteiger partial charge on any atom is -0.339 e. The Morgan fingerprint density at radius 1 is 1.64 bits per heavy atom. The largest absolute Gasteiger partial charge is 0.339 e. The molecule has 1 aliphatic heterocycles. The molecule has 14 heavy (non-hydrogen) atoms. The van der Waals surface area contributed by atoms with Crippen molar-refractivity contribution in [1.29, 1.82) is 0 Å². The van der Waals surface area contributed by atoms with Crippen LogP contribution < -0.4 is 5.73 Å². The van der Waals surface area contributed by atoms with Gasteiger partial charge in [0.25, 0.3) is 0 Å². The highest BCUT2D eigenvalue weighted by molar-refractivity contribution is 7.99. The summed E-state index contributed by atoms with van der Waals surface area (Å²) in [6, 6.07) is 0.169. The van der Waals surface area contributed by atoms with Gasteiger partial charge in [-0.1, -0.05) is 5.16 Å². The predicted molar refractivity (Wildman–Crippen MR) is 59.6 cm³/mol. The highest BCUT2D eigenvalue weighted by Crippen LogP contribution is 2.30. The molecule has 1 fully saturated rings. The van der Waals surface area contributed by atoms with Crippen molar-refractivity contribution in [3.63, 3.8) is 0 Å². The van der Waals surface area contributed by atoms with E-state index in [1.54, 1.807) is 11.8 Å². The summed E-state index contributed by atoms with van der Waals surface area (Å²) in [5, 5.41) is 3.91. The molecule has 0 bridgehead atoms. The molecule has 0 spiro atoms. The monoisotopic (exact) mass is 231 g/mol. The summed E-state index contributed by atoms with van der Waals surface area (Å²) in [5.41, 5.74) is 5.94. The smallest absolute Gasteiger partial charge is 0.232 e. The fourth-order valence-electron chi connectivity index (χ4n) is 1.43. The average Bonchev–Trinajstić information content (AvgIpc) is 2.74. The van der Waals surface area contributed by atoms with Crippen molar-refractivity contribution in [2.75, 3.05) is 17.8 Å². The summed E-state index contributed by atoms with van der Waals surface area (Å²) in [6.45, 7) is 0. The van der Waals surface area contributed by atoms with Crippen LogP contribution in [0.4, 0.5) is 0 Å². The van der Waals surface area contributed by atoms with E-state index in [0.717, 1.165) is 23.1 Å². The summed E-state index contributed by atoms with van der Waals surface area (Å²) in [4.78, 5) is 4.34. The summed E-state index contributed by atoms with van der Waals surface area (Å²) >= 11 is 3.54. The van der Waals surface area contributed by atoms with Gasteiger partial charge >= 0.3 is 0 Å². The number of hydrogen-bond donors (Lipinski definition) is 1. The molecule has 6 heteroatoms. The highest BCUT2D eigenvalue weighted by atomic mass is 32.2. The Morgan fingerprint density at radius 2 is 2.50 bits per heavy atom. The van der Waals surface area contributed by atoms with Gasteiger partial charge in [0.05, 0.1) is 11.7 Å². The van der Waals surface area contributed by atoms with Crippen molar-refractivity contribution < 1.29 is 4.52 Å². The van der Waals surface area contributed by atoms with Gasteiger partial charge < -0.3 is 10.3 Å². The third-order valence-electron chi connectivity index (χ3n) is 2.20. The molecule has 4 nitrogen and oxygen atoms in total.